The second-order valence-electron chi connectivity index (χ2n) is 5.02. The van der Waals surface area contributed by atoms with Gasteiger partial charge in [0.05, 0.1) is 5.56 Å². The lowest BCUT2D eigenvalue weighted by Crippen LogP contribution is -2.35. The first-order valence-electron chi connectivity index (χ1n) is 7.38. The molecule has 1 aromatic heterocycles. The zero-order valence-electron chi connectivity index (χ0n) is 12.8. The SMILES string of the molecule is CCN(CC)CCNC(=O)c1cc(=O)[nH]c2ccc(Br)cc12. The topological polar surface area (TPSA) is 65.2 Å². The average molecular weight is 366 g/mol. The van der Waals surface area contributed by atoms with Gasteiger partial charge >= 0.3 is 0 Å². The molecule has 2 aromatic rings. The predicted molar refractivity (Wildman–Crippen MR) is 92.4 cm³/mol. The van der Waals surface area contributed by atoms with Crippen LogP contribution in [-0.4, -0.2) is 42.0 Å². The van der Waals surface area contributed by atoms with Crippen molar-refractivity contribution in [2.75, 3.05) is 26.2 Å². The van der Waals surface area contributed by atoms with Crippen LogP contribution >= 0.6 is 15.9 Å². The first-order chi connectivity index (χ1) is 10.5. The molecule has 0 aliphatic rings. The Morgan fingerprint density at radius 1 is 1.27 bits per heavy atom. The molecule has 0 unspecified atom stereocenters. The molecule has 0 atom stereocenters. The van der Waals surface area contributed by atoms with Crippen LogP contribution < -0.4 is 10.9 Å². The van der Waals surface area contributed by atoms with Crippen LogP contribution in [0.4, 0.5) is 0 Å². The Kier molecular flexibility index (Phi) is 5.74. The normalized spacial score (nSPS) is 11.1. The van der Waals surface area contributed by atoms with E-state index in [0.717, 1.165) is 29.5 Å². The van der Waals surface area contributed by atoms with Gasteiger partial charge in [-0.3, -0.25) is 9.59 Å². The van der Waals surface area contributed by atoms with Gasteiger partial charge in [0.25, 0.3) is 5.91 Å². The van der Waals surface area contributed by atoms with E-state index in [2.05, 4.69) is 45.0 Å². The summed E-state index contributed by atoms with van der Waals surface area (Å²) in [5, 5.41) is 3.62. The highest BCUT2D eigenvalue weighted by molar-refractivity contribution is 9.10. The minimum atomic E-state index is -0.274. The van der Waals surface area contributed by atoms with Crippen molar-refractivity contribution in [3.63, 3.8) is 0 Å². The average Bonchev–Trinajstić information content (AvgIpc) is 2.51. The van der Waals surface area contributed by atoms with Gasteiger partial charge in [0.15, 0.2) is 0 Å². The van der Waals surface area contributed by atoms with Crippen LogP contribution in [0.5, 0.6) is 0 Å². The predicted octanol–water partition coefficient (Wildman–Crippen LogP) is 2.36. The number of likely N-dealkylation sites (N-methyl/N-ethyl adjacent to an activating group) is 1. The van der Waals surface area contributed by atoms with E-state index in [-0.39, 0.29) is 11.5 Å². The van der Waals surface area contributed by atoms with Crippen molar-refractivity contribution in [1.29, 1.82) is 0 Å². The number of halogens is 1. The highest BCUT2D eigenvalue weighted by Gasteiger charge is 2.12. The van der Waals surface area contributed by atoms with Gasteiger partial charge in [0.2, 0.25) is 5.56 Å². The van der Waals surface area contributed by atoms with E-state index in [9.17, 15) is 9.59 Å². The second kappa shape index (κ2) is 7.56. The minimum Gasteiger partial charge on any atom is -0.351 e. The number of pyridine rings is 1. The van der Waals surface area contributed by atoms with Gasteiger partial charge in [-0.1, -0.05) is 29.8 Å². The van der Waals surface area contributed by atoms with Gasteiger partial charge in [-0.25, -0.2) is 0 Å². The molecule has 2 N–H and O–H groups in total. The van der Waals surface area contributed by atoms with Crippen LogP contribution in [0.1, 0.15) is 24.2 Å². The Labute approximate surface area is 137 Å². The van der Waals surface area contributed by atoms with Crippen LogP contribution in [-0.2, 0) is 0 Å². The molecule has 1 heterocycles. The van der Waals surface area contributed by atoms with Gasteiger partial charge < -0.3 is 15.2 Å². The Bertz CT molecular complexity index is 723. The molecule has 0 aliphatic carbocycles. The molecule has 0 spiro atoms. The number of aromatic amines is 1. The van der Waals surface area contributed by atoms with Crippen LogP contribution in [0.2, 0.25) is 0 Å². The minimum absolute atomic E-state index is 0.221. The molecule has 2 rings (SSSR count). The summed E-state index contributed by atoms with van der Waals surface area (Å²) in [4.78, 5) is 29.1. The lowest BCUT2D eigenvalue weighted by molar-refractivity contribution is 0.0950. The van der Waals surface area contributed by atoms with Crippen molar-refractivity contribution >= 4 is 32.7 Å². The third-order valence-corrected chi connectivity index (χ3v) is 4.15. The van der Waals surface area contributed by atoms with Gasteiger partial charge in [0, 0.05) is 34.5 Å². The zero-order chi connectivity index (χ0) is 16.1. The Morgan fingerprint density at radius 3 is 2.68 bits per heavy atom. The smallest absolute Gasteiger partial charge is 0.252 e. The van der Waals surface area contributed by atoms with Gasteiger partial charge in [0.1, 0.15) is 0 Å². The maximum atomic E-state index is 12.4. The van der Waals surface area contributed by atoms with E-state index >= 15 is 0 Å². The van der Waals surface area contributed by atoms with Crippen molar-refractivity contribution in [1.82, 2.24) is 15.2 Å². The Balaban J connectivity index is 2.20. The van der Waals surface area contributed by atoms with Gasteiger partial charge in [-0.15, -0.1) is 0 Å². The van der Waals surface area contributed by atoms with Crippen molar-refractivity contribution in [2.24, 2.45) is 0 Å². The molecule has 1 aromatic carbocycles. The summed E-state index contributed by atoms with van der Waals surface area (Å²) in [5.41, 5.74) is 0.785. The number of nitrogens with zero attached hydrogens (tertiary/aromatic N) is 1. The molecule has 6 heteroatoms. The first-order valence-corrected chi connectivity index (χ1v) is 8.17. The van der Waals surface area contributed by atoms with E-state index in [4.69, 9.17) is 0 Å². The second-order valence-corrected chi connectivity index (χ2v) is 5.94. The number of fused-ring (bicyclic) bond motifs is 1. The Hall–Kier alpha value is -1.66. The fourth-order valence-electron chi connectivity index (χ4n) is 2.38. The molecular formula is C16H20BrN3O2. The Morgan fingerprint density at radius 2 is 2.00 bits per heavy atom. The van der Waals surface area contributed by atoms with Crippen molar-refractivity contribution in [3.8, 4) is 0 Å². The molecule has 0 radical (unpaired) electrons. The quantitative estimate of drug-likeness (QED) is 0.825. The zero-order valence-corrected chi connectivity index (χ0v) is 14.4. The van der Waals surface area contributed by atoms with E-state index in [1.54, 1.807) is 6.07 Å². The summed E-state index contributed by atoms with van der Waals surface area (Å²) >= 11 is 3.39. The number of benzene rings is 1. The van der Waals surface area contributed by atoms with E-state index in [0.29, 0.717) is 17.6 Å². The first kappa shape index (κ1) is 16.7. The van der Waals surface area contributed by atoms with Crippen LogP contribution in [0, 0.1) is 0 Å². The number of amides is 1. The number of rotatable bonds is 6. The monoisotopic (exact) mass is 365 g/mol. The number of nitrogens with one attached hydrogen (secondary N) is 2. The molecular weight excluding hydrogens is 346 g/mol. The molecule has 5 nitrogen and oxygen atoms in total. The van der Waals surface area contributed by atoms with Crippen LogP contribution in [0.3, 0.4) is 0 Å². The lowest BCUT2D eigenvalue weighted by atomic mass is 10.1. The summed E-state index contributed by atoms with van der Waals surface area (Å²) in [7, 11) is 0. The van der Waals surface area contributed by atoms with Gasteiger partial charge in [-0.05, 0) is 31.3 Å². The lowest BCUT2D eigenvalue weighted by Gasteiger charge is -2.18. The number of aromatic nitrogens is 1. The number of hydrogen-bond donors (Lipinski definition) is 2. The summed E-state index contributed by atoms with van der Waals surface area (Å²) < 4.78 is 0.865. The third-order valence-electron chi connectivity index (χ3n) is 3.66. The van der Waals surface area contributed by atoms with E-state index in [1.165, 1.54) is 6.07 Å². The molecule has 22 heavy (non-hydrogen) atoms. The fourth-order valence-corrected chi connectivity index (χ4v) is 2.74. The standard InChI is InChI=1S/C16H20BrN3O2/c1-3-20(4-2)8-7-18-16(22)13-10-15(21)19-14-6-5-11(17)9-12(13)14/h5-6,9-10H,3-4,7-8H2,1-2H3,(H,18,22)(H,19,21). The number of H-pyrrole nitrogens is 1. The highest BCUT2D eigenvalue weighted by atomic mass is 79.9. The van der Waals surface area contributed by atoms with E-state index in [1.807, 2.05) is 12.1 Å². The van der Waals surface area contributed by atoms with Crippen molar-refractivity contribution < 1.29 is 4.79 Å². The molecule has 0 saturated heterocycles. The maximum Gasteiger partial charge on any atom is 0.252 e. The van der Waals surface area contributed by atoms with Crippen molar-refractivity contribution in [3.05, 3.63) is 44.7 Å². The van der Waals surface area contributed by atoms with Crippen LogP contribution in [0.15, 0.2) is 33.5 Å². The number of carbonyl (C=O) groups excluding carboxylic acids is 1. The van der Waals surface area contributed by atoms with Crippen molar-refractivity contribution in [2.45, 2.75) is 13.8 Å². The highest BCUT2D eigenvalue weighted by Crippen LogP contribution is 2.20. The molecule has 0 bridgehead atoms. The molecule has 1 amide bonds. The molecule has 118 valence electrons. The third kappa shape index (κ3) is 3.96. The summed E-state index contributed by atoms with van der Waals surface area (Å²) in [6.07, 6.45) is 0. The fraction of sp³-hybridized carbons (Fsp3) is 0.375. The molecule has 0 aliphatic heterocycles. The van der Waals surface area contributed by atoms with Crippen LogP contribution in [0.25, 0.3) is 10.9 Å². The summed E-state index contributed by atoms with van der Waals surface area (Å²) in [5.74, 6) is -0.221. The van der Waals surface area contributed by atoms with Gasteiger partial charge in [-0.2, -0.15) is 0 Å². The molecule has 0 fully saturated rings. The largest absolute Gasteiger partial charge is 0.351 e. The maximum absolute atomic E-state index is 12.4. The summed E-state index contributed by atoms with van der Waals surface area (Å²) in [6.45, 7) is 7.44. The summed E-state index contributed by atoms with van der Waals surface area (Å²) in [6, 6.07) is 6.81. The number of carbonyl (C=O) groups is 1. The number of hydrogen-bond acceptors (Lipinski definition) is 3. The molecule has 0 saturated carbocycles. The van der Waals surface area contributed by atoms with E-state index < -0.39 is 0 Å².